The lowest BCUT2D eigenvalue weighted by molar-refractivity contribution is 0.507. The van der Waals surface area contributed by atoms with Gasteiger partial charge in [0, 0.05) is 18.1 Å². The Morgan fingerprint density at radius 1 is 1.22 bits per heavy atom. The van der Waals surface area contributed by atoms with E-state index in [1.165, 1.54) is 17.4 Å². The Hall–Kier alpha value is -0.910. The smallest absolute Gasteiger partial charge is 0.147 e. The molecule has 0 aromatic heterocycles. The van der Waals surface area contributed by atoms with E-state index in [0.29, 0.717) is 12.8 Å². The lowest BCUT2D eigenvalue weighted by atomic mass is 9.99. The molecule has 1 atom stereocenters. The van der Waals surface area contributed by atoms with Gasteiger partial charge in [0.1, 0.15) is 9.84 Å². The van der Waals surface area contributed by atoms with Gasteiger partial charge in [0.2, 0.25) is 0 Å². The Labute approximate surface area is 109 Å². The highest BCUT2D eigenvalue weighted by molar-refractivity contribution is 7.90. The van der Waals surface area contributed by atoms with Crippen LogP contribution in [0.5, 0.6) is 0 Å². The van der Waals surface area contributed by atoms with Crippen molar-refractivity contribution in [3.63, 3.8) is 0 Å². The van der Waals surface area contributed by atoms with Crippen LogP contribution >= 0.6 is 0 Å². The summed E-state index contributed by atoms with van der Waals surface area (Å²) in [5, 5.41) is 0. The van der Waals surface area contributed by atoms with Crippen molar-refractivity contribution in [2.45, 2.75) is 32.7 Å². The molecule has 0 amide bonds. The first-order valence-corrected chi connectivity index (χ1v) is 8.10. The Balaban J connectivity index is 2.71. The molecule has 4 nitrogen and oxygen atoms in total. The van der Waals surface area contributed by atoms with E-state index < -0.39 is 9.84 Å². The van der Waals surface area contributed by atoms with E-state index in [1.807, 2.05) is 13.8 Å². The van der Waals surface area contributed by atoms with Crippen LogP contribution in [-0.2, 0) is 9.84 Å². The first-order chi connectivity index (χ1) is 8.31. The van der Waals surface area contributed by atoms with Crippen molar-refractivity contribution in [2.24, 2.45) is 5.84 Å². The van der Waals surface area contributed by atoms with Gasteiger partial charge in [0.05, 0.1) is 0 Å². The Morgan fingerprint density at radius 2 is 1.78 bits per heavy atom. The molecule has 0 saturated carbocycles. The third-order valence-corrected chi connectivity index (χ3v) is 3.89. The number of hydrazine groups is 1. The summed E-state index contributed by atoms with van der Waals surface area (Å²) in [4.78, 5) is 0. The molecule has 1 aromatic carbocycles. The van der Waals surface area contributed by atoms with Crippen LogP contribution in [0.1, 0.15) is 35.6 Å². The lowest BCUT2D eigenvalue weighted by Gasteiger charge is -2.17. The molecule has 0 aliphatic rings. The Kier molecular flexibility index (Phi) is 5.31. The quantitative estimate of drug-likeness (QED) is 0.609. The minimum Gasteiger partial charge on any atom is -0.271 e. The highest BCUT2D eigenvalue weighted by atomic mass is 32.2. The van der Waals surface area contributed by atoms with E-state index in [0.717, 1.165) is 5.56 Å². The van der Waals surface area contributed by atoms with Crippen molar-refractivity contribution in [2.75, 3.05) is 12.0 Å². The predicted octanol–water partition coefficient (Wildman–Crippen LogP) is 1.63. The van der Waals surface area contributed by atoms with Crippen LogP contribution in [0.2, 0.25) is 0 Å². The van der Waals surface area contributed by atoms with Crippen LogP contribution in [0.4, 0.5) is 0 Å². The van der Waals surface area contributed by atoms with Gasteiger partial charge >= 0.3 is 0 Å². The molecule has 0 saturated heterocycles. The number of nitrogens with one attached hydrogen (secondary N) is 1. The fraction of sp³-hybridized carbons (Fsp3) is 0.538. The highest BCUT2D eigenvalue weighted by Crippen LogP contribution is 2.20. The fourth-order valence-corrected chi connectivity index (χ4v) is 2.80. The van der Waals surface area contributed by atoms with Gasteiger partial charge in [-0.05, 0) is 32.3 Å². The van der Waals surface area contributed by atoms with Crippen molar-refractivity contribution in [3.05, 3.63) is 34.9 Å². The third-order valence-electron chi connectivity index (χ3n) is 2.86. The minimum absolute atomic E-state index is 0.00495. The number of rotatable bonds is 6. The molecule has 3 N–H and O–H groups in total. The number of hydrogen-bond donors (Lipinski definition) is 2. The number of nitrogens with two attached hydrogens (primary N) is 1. The molecular formula is C13H22N2O2S. The van der Waals surface area contributed by atoms with E-state index in [1.54, 1.807) is 0 Å². The lowest BCUT2D eigenvalue weighted by Crippen LogP contribution is -2.28. The SMILES string of the molecule is Cc1cc(C)cc(C(CCCS(C)(=O)=O)NN)c1. The summed E-state index contributed by atoms with van der Waals surface area (Å²) >= 11 is 0. The second-order valence-electron chi connectivity index (χ2n) is 4.91. The van der Waals surface area contributed by atoms with Crippen LogP contribution < -0.4 is 11.3 Å². The average Bonchev–Trinajstić information content (AvgIpc) is 2.21. The molecule has 18 heavy (non-hydrogen) atoms. The van der Waals surface area contributed by atoms with E-state index in [-0.39, 0.29) is 11.8 Å². The average molecular weight is 270 g/mol. The molecule has 5 heteroatoms. The molecule has 0 aliphatic heterocycles. The van der Waals surface area contributed by atoms with Gasteiger partial charge in [0.15, 0.2) is 0 Å². The number of benzene rings is 1. The Bertz CT molecular complexity index is 477. The van der Waals surface area contributed by atoms with E-state index in [2.05, 4.69) is 23.6 Å². The zero-order valence-corrected chi connectivity index (χ0v) is 12.0. The molecule has 0 heterocycles. The monoisotopic (exact) mass is 270 g/mol. The summed E-state index contributed by atoms with van der Waals surface area (Å²) in [6.45, 7) is 4.08. The zero-order chi connectivity index (χ0) is 13.8. The summed E-state index contributed by atoms with van der Waals surface area (Å²) < 4.78 is 22.2. The molecule has 102 valence electrons. The number of sulfone groups is 1. The molecule has 0 aliphatic carbocycles. The standard InChI is InChI=1S/C13H22N2O2S/c1-10-7-11(2)9-12(8-10)13(15-14)5-4-6-18(3,16)17/h7-9,13,15H,4-6,14H2,1-3H3. The maximum Gasteiger partial charge on any atom is 0.147 e. The van der Waals surface area contributed by atoms with Crippen molar-refractivity contribution >= 4 is 9.84 Å². The molecule has 1 aromatic rings. The van der Waals surface area contributed by atoms with Gasteiger partial charge < -0.3 is 0 Å². The first-order valence-electron chi connectivity index (χ1n) is 6.04. The molecule has 1 rings (SSSR count). The van der Waals surface area contributed by atoms with E-state index in [9.17, 15) is 8.42 Å². The minimum atomic E-state index is -2.90. The topological polar surface area (TPSA) is 72.2 Å². The van der Waals surface area contributed by atoms with Crippen molar-refractivity contribution in [1.29, 1.82) is 0 Å². The molecular weight excluding hydrogens is 248 g/mol. The van der Waals surface area contributed by atoms with Crippen molar-refractivity contribution in [3.8, 4) is 0 Å². The summed E-state index contributed by atoms with van der Waals surface area (Å²) in [6, 6.07) is 6.27. The van der Waals surface area contributed by atoms with E-state index in [4.69, 9.17) is 5.84 Å². The van der Waals surface area contributed by atoms with Gasteiger partial charge in [-0.1, -0.05) is 29.3 Å². The zero-order valence-electron chi connectivity index (χ0n) is 11.2. The largest absolute Gasteiger partial charge is 0.271 e. The molecule has 1 unspecified atom stereocenters. The molecule has 0 bridgehead atoms. The van der Waals surface area contributed by atoms with Crippen LogP contribution in [0.15, 0.2) is 18.2 Å². The van der Waals surface area contributed by atoms with Crippen LogP contribution in [0.3, 0.4) is 0 Å². The van der Waals surface area contributed by atoms with Gasteiger partial charge in [-0.3, -0.25) is 11.3 Å². The molecule has 0 spiro atoms. The van der Waals surface area contributed by atoms with Gasteiger partial charge in [0.25, 0.3) is 0 Å². The van der Waals surface area contributed by atoms with Crippen LogP contribution in [-0.4, -0.2) is 20.4 Å². The number of aryl methyl sites for hydroxylation is 2. The molecule has 0 fully saturated rings. The summed E-state index contributed by atoms with van der Waals surface area (Å²) in [5.41, 5.74) is 6.26. The van der Waals surface area contributed by atoms with Gasteiger partial charge in [-0.2, -0.15) is 0 Å². The highest BCUT2D eigenvalue weighted by Gasteiger charge is 2.12. The summed E-state index contributed by atoms with van der Waals surface area (Å²) in [6.07, 6.45) is 2.59. The van der Waals surface area contributed by atoms with Crippen LogP contribution in [0, 0.1) is 13.8 Å². The second kappa shape index (κ2) is 6.31. The summed E-state index contributed by atoms with van der Waals surface area (Å²) in [7, 11) is -2.90. The predicted molar refractivity (Wildman–Crippen MR) is 74.9 cm³/mol. The molecule has 0 radical (unpaired) electrons. The van der Waals surface area contributed by atoms with Gasteiger partial charge in [-0.25, -0.2) is 8.42 Å². The van der Waals surface area contributed by atoms with Gasteiger partial charge in [-0.15, -0.1) is 0 Å². The van der Waals surface area contributed by atoms with Crippen molar-refractivity contribution < 1.29 is 8.42 Å². The maximum absolute atomic E-state index is 11.1. The normalized spacial score (nSPS) is 13.6. The van der Waals surface area contributed by atoms with E-state index >= 15 is 0 Å². The maximum atomic E-state index is 11.1. The van der Waals surface area contributed by atoms with Crippen LogP contribution in [0.25, 0.3) is 0 Å². The second-order valence-corrected chi connectivity index (χ2v) is 7.17. The number of hydrogen-bond acceptors (Lipinski definition) is 4. The third kappa shape index (κ3) is 5.16. The Morgan fingerprint density at radius 3 is 2.22 bits per heavy atom. The first kappa shape index (κ1) is 15.1. The fourth-order valence-electron chi connectivity index (χ4n) is 2.11. The summed E-state index contributed by atoms with van der Waals surface area (Å²) in [5.74, 6) is 5.76. The van der Waals surface area contributed by atoms with Crippen molar-refractivity contribution in [1.82, 2.24) is 5.43 Å².